The van der Waals surface area contributed by atoms with E-state index in [4.69, 9.17) is 0 Å². The normalized spacial score (nSPS) is 12.2. The zero-order valence-electron chi connectivity index (χ0n) is 11.2. The van der Waals surface area contributed by atoms with Crippen LogP contribution < -0.4 is 4.90 Å². The lowest BCUT2D eigenvalue weighted by atomic mass is 10.1. The molecule has 0 spiro atoms. The number of hydrogen-bond acceptors (Lipinski definition) is 2. The van der Waals surface area contributed by atoms with Gasteiger partial charge in [0, 0.05) is 18.4 Å². The molecule has 100 valence electrons. The van der Waals surface area contributed by atoms with Crippen LogP contribution in [0.15, 0.2) is 48.5 Å². The van der Waals surface area contributed by atoms with E-state index in [1.807, 2.05) is 43.1 Å². The largest absolute Gasteiger partial charge is 0.388 e. The Bertz CT molecular complexity index is 521. The molecule has 0 saturated heterocycles. The molecule has 2 aromatic carbocycles. The maximum atomic E-state index is 12.9. The van der Waals surface area contributed by atoms with Crippen molar-refractivity contribution in [2.75, 3.05) is 11.9 Å². The fraction of sp³-hybridized carbons (Fsp3) is 0.250. The highest BCUT2D eigenvalue weighted by molar-refractivity contribution is 5.62. The minimum Gasteiger partial charge on any atom is -0.388 e. The molecule has 0 radical (unpaired) electrons. The molecule has 2 nitrogen and oxygen atoms in total. The van der Waals surface area contributed by atoms with Crippen LogP contribution in [0.2, 0.25) is 0 Å². The maximum absolute atomic E-state index is 12.9. The highest BCUT2D eigenvalue weighted by Crippen LogP contribution is 2.25. The Balaban J connectivity index is 2.19. The van der Waals surface area contributed by atoms with E-state index in [9.17, 15) is 9.50 Å². The first-order valence-electron chi connectivity index (χ1n) is 6.39. The van der Waals surface area contributed by atoms with Crippen LogP contribution in [0.25, 0.3) is 0 Å². The van der Waals surface area contributed by atoms with Gasteiger partial charge in [0.25, 0.3) is 0 Å². The van der Waals surface area contributed by atoms with E-state index >= 15 is 0 Å². The molecule has 2 rings (SSSR count). The average molecular weight is 259 g/mol. The summed E-state index contributed by atoms with van der Waals surface area (Å²) >= 11 is 0. The van der Waals surface area contributed by atoms with Crippen LogP contribution in [-0.2, 0) is 0 Å². The summed E-state index contributed by atoms with van der Waals surface area (Å²) < 4.78 is 12.9. The first kappa shape index (κ1) is 13.6. The van der Waals surface area contributed by atoms with E-state index in [0.717, 1.165) is 16.9 Å². The van der Waals surface area contributed by atoms with Crippen molar-refractivity contribution in [2.45, 2.75) is 19.4 Å². The van der Waals surface area contributed by atoms with Gasteiger partial charge >= 0.3 is 0 Å². The number of benzene rings is 2. The minimum atomic E-state index is -0.412. The van der Waals surface area contributed by atoms with Crippen LogP contribution in [0, 0.1) is 5.82 Å². The van der Waals surface area contributed by atoms with Gasteiger partial charge in [0.2, 0.25) is 0 Å². The Morgan fingerprint density at radius 1 is 1.00 bits per heavy atom. The van der Waals surface area contributed by atoms with Gasteiger partial charge in [-0.25, -0.2) is 4.39 Å². The van der Waals surface area contributed by atoms with Gasteiger partial charge in [-0.05, 0) is 48.4 Å². The Kier molecular flexibility index (Phi) is 4.17. The molecule has 0 heterocycles. The van der Waals surface area contributed by atoms with Crippen molar-refractivity contribution in [3.05, 3.63) is 59.9 Å². The Labute approximate surface area is 113 Å². The second-order valence-electron chi connectivity index (χ2n) is 4.55. The van der Waals surface area contributed by atoms with Gasteiger partial charge in [-0.1, -0.05) is 19.1 Å². The quantitative estimate of drug-likeness (QED) is 0.895. The van der Waals surface area contributed by atoms with E-state index in [0.29, 0.717) is 6.42 Å². The SMILES string of the molecule is CCC(O)c1ccc(N(C)c2ccc(F)cc2)cc1. The van der Waals surface area contributed by atoms with Crippen molar-refractivity contribution >= 4 is 11.4 Å². The third-order valence-corrected chi connectivity index (χ3v) is 3.27. The van der Waals surface area contributed by atoms with Gasteiger partial charge < -0.3 is 10.0 Å². The lowest BCUT2D eigenvalue weighted by Gasteiger charge is -2.20. The van der Waals surface area contributed by atoms with Crippen molar-refractivity contribution in [2.24, 2.45) is 0 Å². The molecule has 3 heteroatoms. The minimum absolute atomic E-state index is 0.237. The summed E-state index contributed by atoms with van der Waals surface area (Å²) in [6, 6.07) is 14.1. The zero-order chi connectivity index (χ0) is 13.8. The lowest BCUT2D eigenvalue weighted by Crippen LogP contribution is -2.09. The molecule has 19 heavy (non-hydrogen) atoms. The highest BCUT2D eigenvalue weighted by Gasteiger charge is 2.07. The van der Waals surface area contributed by atoms with E-state index in [1.165, 1.54) is 12.1 Å². The topological polar surface area (TPSA) is 23.5 Å². The zero-order valence-corrected chi connectivity index (χ0v) is 11.2. The van der Waals surface area contributed by atoms with Crippen LogP contribution in [0.4, 0.5) is 15.8 Å². The Morgan fingerprint density at radius 3 is 1.95 bits per heavy atom. The summed E-state index contributed by atoms with van der Waals surface area (Å²) in [6.45, 7) is 1.95. The van der Waals surface area contributed by atoms with Crippen molar-refractivity contribution in [1.29, 1.82) is 0 Å². The van der Waals surface area contributed by atoms with Gasteiger partial charge in [-0.2, -0.15) is 0 Å². The highest BCUT2D eigenvalue weighted by atomic mass is 19.1. The second-order valence-corrected chi connectivity index (χ2v) is 4.55. The van der Waals surface area contributed by atoms with Crippen LogP contribution in [-0.4, -0.2) is 12.2 Å². The third-order valence-electron chi connectivity index (χ3n) is 3.27. The molecule has 0 fully saturated rings. The summed E-state index contributed by atoms with van der Waals surface area (Å²) in [4.78, 5) is 1.97. The molecular formula is C16H18FNO. The maximum Gasteiger partial charge on any atom is 0.123 e. The number of rotatable bonds is 4. The van der Waals surface area contributed by atoms with E-state index in [2.05, 4.69) is 0 Å². The van der Waals surface area contributed by atoms with Gasteiger partial charge in [0.1, 0.15) is 5.82 Å². The summed E-state index contributed by atoms with van der Waals surface area (Å²) in [5.41, 5.74) is 2.84. The second kappa shape index (κ2) is 5.85. The molecule has 0 aromatic heterocycles. The molecule has 0 aliphatic heterocycles. The fourth-order valence-electron chi connectivity index (χ4n) is 1.97. The average Bonchev–Trinajstić information content (AvgIpc) is 2.46. The molecule has 0 aliphatic carbocycles. The van der Waals surface area contributed by atoms with Crippen LogP contribution >= 0.6 is 0 Å². The van der Waals surface area contributed by atoms with Gasteiger partial charge in [-0.3, -0.25) is 0 Å². The number of anilines is 2. The molecular weight excluding hydrogens is 241 g/mol. The Hall–Kier alpha value is -1.87. The Morgan fingerprint density at radius 2 is 1.47 bits per heavy atom. The molecule has 2 aromatic rings. The van der Waals surface area contributed by atoms with Crippen LogP contribution in [0.1, 0.15) is 25.0 Å². The predicted octanol–water partition coefficient (Wildman–Crippen LogP) is 4.04. The summed E-state index contributed by atoms with van der Waals surface area (Å²) in [7, 11) is 1.93. The van der Waals surface area contributed by atoms with E-state index < -0.39 is 6.10 Å². The third kappa shape index (κ3) is 3.12. The predicted molar refractivity (Wildman–Crippen MR) is 76.2 cm³/mol. The number of halogens is 1. The monoisotopic (exact) mass is 259 g/mol. The van der Waals surface area contributed by atoms with Gasteiger partial charge in [-0.15, -0.1) is 0 Å². The summed E-state index contributed by atoms with van der Waals surface area (Å²) in [6.07, 6.45) is 0.290. The van der Waals surface area contributed by atoms with E-state index in [1.54, 1.807) is 12.1 Å². The number of aliphatic hydroxyl groups excluding tert-OH is 1. The molecule has 0 saturated carbocycles. The first-order valence-corrected chi connectivity index (χ1v) is 6.39. The van der Waals surface area contributed by atoms with Crippen molar-refractivity contribution in [3.63, 3.8) is 0 Å². The van der Waals surface area contributed by atoms with Crippen molar-refractivity contribution < 1.29 is 9.50 Å². The van der Waals surface area contributed by atoms with Crippen LogP contribution in [0.3, 0.4) is 0 Å². The molecule has 1 unspecified atom stereocenters. The number of hydrogen-bond donors (Lipinski definition) is 1. The van der Waals surface area contributed by atoms with Crippen molar-refractivity contribution in [3.8, 4) is 0 Å². The van der Waals surface area contributed by atoms with Gasteiger partial charge in [0.15, 0.2) is 0 Å². The van der Waals surface area contributed by atoms with Crippen LogP contribution in [0.5, 0.6) is 0 Å². The van der Waals surface area contributed by atoms with Crippen molar-refractivity contribution in [1.82, 2.24) is 0 Å². The molecule has 0 aliphatic rings. The summed E-state index contributed by atoms with van der Waals surface area (Å²) in [5.74, 6) is -0.237. The molecule has 1 atom stereocenters. The molecule has 0 amide bonds. The summed E-state index contributed by atoms with van der Waals surface area (Å²) in [5, 5.41) is 9.75. The number of nitrogens with zero attached hydrogens (tertiary/aromatic N) is 1. The van der Waals surface area contributed by atoms with Gasteiger partial charge in [0.05, 0.1) is 6.10 Å². The smallest absolute Gasteiger partial charge is 0.123 e. The lowest BCUT2D eigenvalue weighted by molar-refractivity contribution is 0.173. The van der Waals surface area contributed by atoms with E-state index in [-0.39, 0.29) is 5.82 Å². The number of aliphatic hydroxyl groups is 1. The first-order chi connectivity index (χ1) is 9.11. The molecule has 1 N–H and O–H groups in total. The molecule has 0 bridgehead atoms. The standard InChI is InChI=1S/C16H18FNO/c1-3-16(19)12-4-8-14(9-5-12)18(2)15-10-6-13(17)7-11-15/h4-11,16,19H,3H2,1-2H3. The fourth-order valence-corrected chi connectivity index (χ4v) is 1.97.